The number of nitro groups is 1. The first-order valence-corrected chi connectivity index (χ1v) is 3.55. The molecule has 0 aliphatic rings. The molecule has 0 atom stereocenters. The summed E-state index contributed by atoms with van der Waals surface area (Å²) >= 11 is 0. The first kappa shape index (κ1) is 9.71. The summed E-state index contributed by atoms with van der Waals surface area (Å²) in [5.41, 5.74) is 6.76. The molecule has 0 saturated heterocycles. The molecule has 1 aromatic heterocycles. The van der Waals surface area contributed by atoms with Gasteiger partial charge in [0.05, 0.1) is 6.26 Å². The van der Waals surface area contributed by atoms with Gasteiger partial charge in [-0.1, -0.05) is 10.5 Å². The van der Waals surface area contributed by atoms with Crippen LogP contribution in [0.25, 0.3) is 0 Å². The third-order valence-corrected chi connectivity index (χ3v) is 1.14. The topological polar surface area (TPSA) is 121 Å². The van der Waals surface area contributed by atoms with Gasteiger partial charge in [-0.25, -0.2) is 10.1 Å². The van der Waals surface area contributed by atoms with E-state index in [1.165, 1.54) is 12.5 Å². The van der Waals surface area contributed by atoms with Crippen LogP contribution in [0.15, 0.2) is 27.9 Å². The quantitative estimate of drug-likeness (QED) is 0.220. The predicted molar refractivity (Wildman–Crippen MR) is 46.6 cm³/mol. The minimum atomic E-state index is -0.812. The summed E-state index contributed by atoms with van der Waals surface area (Å²) in [4.78, 5) is 9.88. The largest absolute Gasteiger partial charge is 0.459 e. The van der Waals surface area contributed by atoms with Crippen molar-refractivity contribution in [2.45, 2.75) is 0 Å². The molecule has 0 unspecified atom stereocenters. The maximum atomic E-state index is 9.88. The third kappa shape index (κ3) is 3.34. The Hall–Kier alpha value is -2.38. The first-order chi connectivity index (χ1) is 6.68. The van der Waals surface area contributed by atoms with Gasteiger partial charge in [0.15, 0.2) is 10.8 Å². The van der Waals surface area contributed by atoms with E-state index >= 15 is 0 Å². The zero-order valence-corrected chi connectivity index (χ0v) is 7.01. The second-order valence-corrected chi connectivity index (χ2v) is 2.15. The van der Waals surface area contributed by atoms with Gasteiger partial charge in [0.2, 0.25) is 6.21 Å². The van der Waals surface area contributed by atoms with E-state index in [0.717, 1.165) is 0 Å². The lowest BCUT2D eigenvalue weighted by atomic mass is 10.5. The Morgan fingerprint density at radius 3 is 3.21 bits per heavy atom. The average molecular weight is 198 g/mol. The highest BCUT2D eigenvalue weighted by atomic mass is 16.7. The number of nitrogens with two attached hydrogens (primary N) is 1. The molecular formula is C6H8N5O3+. The Bertz CT molecular complexity index is 356. The smallest absolute Gasteiger partial charge is 0.319 e. The minimum absolute atomic E-state index is 0.349. The van der Waals surface area contributed by atoms with E-state index in [9.17, 15) is 10.1 Å². The van der Waals surface area contributed by atoms with Gasteiger partial charge >= 0.3 is 5.96 Å². The first-order valence-electron chi connectivity index (χ1n) is 3.55. The average Bonchev–Trinajstić information content (AvgIpc) is 2.55. The van der Waals surface area contributed by atoms with E-state index < -0.39 is 5.03 Å². The molecule has 8 heteroatoms. The van der Waals surface area contributed by atoms with Crippen LogP contribution in [-0.4, -0.2) is 17.2 Å². The molecular weight excluding hydrogens is 190 g/mol. The molecule has 14 heavy (non-hydrogen) atoms. The van der Waals surface area contributed by atoms with Crippen LogP contribution in [0.2, 0.25) is 0 Å². The molecule has 74 valence electrons. The Balaban J connectivity index is 2.49. The Morgan fingerprint density at radius 1 is 1.86 bits per heavy atom. The van der Waals surface area contributed by atoms with Crippen molar-refractivity contribution in [1.82, 2.24) is 5.43 Å². The fourth-order valence-corrected chi connectivity index (χ4v) is 0.657. The molecule has 4 N–H and O–H groups in total. The molecule has 0 aliphatic heterocycles. The number of nitrogens with zero attached hydrogens (tertiary/aromatic N) is 2. The van der Waals surface area contributed by atoms with Gasteiger partial charge in [0.1, 0.15) is 0 Å². The zero-order valence-electron chi connectivity index (χ0n) is 7.01. The molecule has 0 spiro atoms. The van der Waals surface area contributed by atoms with E-state index in [2.05, 4.69) is 10.2 Å². The van der Waals surface area contributed by atoms with Crippen molar-refractivity contribution in [2.24, 2.45) is 10.8 Å². The number of nitrogens with one attached hydrogen (secondary N) is 2. The summed E-state index contributed by atoms with van der Waals surface area (Å²) in [6, 6.07) is 3.37. The summed E-state index contributed by atoms with van der Waals surface area (Å²) in [6.45, 7) is 0. The summed E-state index contributed by atoms with van der Waals surface area (Å²) in [7, 11) is 0. The van der Waals surface area contributed by atoms with Gasteiger partial charge in [0.25, 0.3) is 0 Å². The van der Waals surface area contributed by atoms with Gasteiger partial charge in [-0.3, -0.25) is 0 Å². The van der Waals surface area contributed by atoms with Crippen LogP contribution in [0, 0.1) is 10.1 Å². The molecule has 0 radical (unpaired) electrons. The fraction of sp³-hybridized carbons (Fsp3) is 0. The second-order valence-electron chi connectivity index (χ2n) is 2.15. The van der Waals surface area contributed by atoms with Crippen LogP contribution in [-0.2, 0) is 0 Å². The van der Waals surface area contributed by atoms with Gasteiger partial charge < -0.3 is 10.2 Å². The van der Waals surface area contributed by atoms with Crippen molar-refractivity contribution >= 4 is 12.2 Å². The summed E-state index contributed by atoms with van der Waals surface area (Å²) < 4.78 is 4.91. The molecule has 0 saturated carbocycles. The molecule has 0 bridgehead atoms. The van der Waals surface area contributed by atoms with Gasteiger partial charge in [-0.05, 0) is 12.1 Å². The van der Waals surface area contributed by atoms with Crippen LogP contribution in [0.5, 0.6) is 0 Å². The van der Waals surface area contributed by atoms with E-state index in [4.69, 9.17) is 10.2 Å². The van der Waals surface area contributed by atoms with Crippen LogP contribution in [0.4, 0.5) is 0 Å². The van der Waals surface area contributed by atoms with Crippen molar-refractivity contribution in [3.63, 3.8) is 0 Å². The molecule has 0 aromatic carbocycles. The number of hydrogen-bond donors (Lipinski definition) is 3. The van der Waals surface area contributed by atoms with Gasteiger partial charge in [-0.15, -0.1) is 0 Å². The van der Waals surface area contributed by atoms with Crippen LogP contribution in [0.1, 0.15) is 5.76 Å². The van der Waals surface area contributed by atoms with E-state index in [-0.39, 0.29) is 5.96 Å². The molecule has 0 aliphatic carbocycles. The molecule has 0 amide bonds. The van der Waals surface area contributed by atoms with Crippen molar-refractivity contribution in [1.29, 1.82) is 0 Å². The van der Waals surface area contributed by atoms with Gasteiger partial charge in [0, 0.05) is 5.10 Å². The number of furan rings is 1. The summed E-state index contributed by atoms with van der Waals surface area (Å²) in [6.07, 6.45) is 2.88. The minimum Gasteiger partial charge on any atom is -0.459 e. The number of guanidine groups is 1. The number of hydrazone groups is 1. The Morgan fingerprint density at radius 2 is 2.64 bits per heavy atom. The lowest BCUT2D eigenvalue weighted by molar-refractivity contribution is -0.528. The molecule has 0 fully saturated rings. The van der Waals surface area contributed by atoms with E-state index in [1.54, 1.807) is 17.6 Å². The molecule has 8 nitrogen and oxygen atoms in total. The Kier molecular flexibility index (Phi) is 3.19. The van der Waals surface area contributed by atoms with Crippen LogP contribution < -0.4 is 16.3 Å². The molecule has 1 aromatic rings. The highest BCUT2D eigenvalue weighted by Gasteiger charge is 2.00. The zero-order chi connectivity index (χ0) is 10.4. The summed E-state index contributed by atoms with van der Waals surface area (Å²) in [5.74, 6) is 0.181. The lowest BCUT2D eigenvalue weighted by Gasteiger charge is -1.87. The van der Waals surface area contributed by atoms with E-state index in [1.807, 2.05) is 0 Å². The predicted octanol–water partition coefficient (Wildman–Crippen LogP) is -2.21. The molecule has 1 rings (SSSR count). The SMILES string of the molecule is NC(=N/[NH+]=C/c1ccco1)N[N+](=O)[O-]. The lowest BCUT2D eigenvalue weighted by Crippen LogP contribution is -2.64. The van der Waals surface area contributed by atoms with Crippen molar-refractivity contribution < 1.29 is 14.6 Å². The second kappa shape index (κ2) is 4.60. The standard InChI is InChI=1S/C6H7N5O3/c7-6(10-11(12)13)9-8-4-5-2-1-3-14-5/h1-4H,(H3,7,9,10)/p+1/b8-4+. The maximum absolute atomic E-state index is 9.88. The Labute approximate surface area is 78.2 Å². The normalized spacial score (nSPS) is 11.9. The summed E-state index contributed by atoms with van der Waals surface area (Å²) in [5, 5.41) is 14.9. The molecule has 1 heterocycles. The van der Waals surface area contributed by atoms with Crippen LogP contribution in [0.3, 0.4) is 0 Å². The van der Waals surface area contributed by atoms with E-state index in [0.29, 0.717) is 5.76 Å². The maximum Gasteiger partial charge on any atom is 0.319 e. The monoisotopic (exact) mass is 198 g/mol. The number of hydrogen-bond acceptors (Lipinski definition) is 4. The highest BCUT2D eigenvalue weighted by Crippen LogP contribution is 1.91. The van der Waals surface area contributed by atoms with Crippen LogP contribution >= 0.6 is 0 Å². The number of rotatable bonds is 3. The third-order valence-electron chi connectivity index (χ3n) is 1.14. The fourth-order valence-electron chi connectivity index (χ4n) is 0.657. The number of hydrazine groups is 1. The van der Waals surface area contributed by atoms with Gasteiger partial charge in [-0.2, -0.15) is 0 Å². The highest BCUT2D eigenvalue weighted by molar-refractivity contribution is 5.76. The van der Waals surface area contributed by atoms with Crippen molar-refractivity contribution in [2.75, 3.05) is 0 Å². The van der Waals surface area contributed by atoms with Crippen molar-refractivity contribution in [3.05, 3.63) is 34.3 Å². The van der Waals surface area contributed by atoms with Crippen molar-refractivity contribution in [3.8, 4) is 0 Å².